The average Bonchev–Trinajstić information content (AvgIpc) is 2.90. The fourth-order valence-electron chi connectivity index (χ4n) is 2.03. The zero-order valence-electron chi connectivity index (χ0n) is 12.7. The van der Waals surface area contributed by atoms with Gasteiger partial charge in [0, 0.05) is 44.2 Å². The van der Waals surface area contributed by atoms with Gasteiger partial charge in [-0.1, -0.05) is 0 Å². The van der Waals surface area contributed by atoms with Gasteiger partial charge in [-0.15, -0.1) is 11.3 Å². The van der Waals surface area contributed by atoms with Crippen molar-refractivity contribution in [3.8, 4) is 6.07 Å². The van der Waals surface area contributed by atoms with Crippen LogP contribution in [0.2, 0.25) is 0 Å². The van der Waals surface area contributed by atoms with Crippen LogP contribution in [-0.4, -0.2) is 49.6 Å². The van der Waals surface area contributed by atoms with E-state index >= 15 is 0 Å². The highest BCUT2D eigenvalue weighted by atomic mass is 32.1. The van der Waals surface area contributed by atoms with Crippen molar-refractivity contribution in [3.05, 3.63) is 22.3 Å². The van der Waals surface area contributed by atoms with Crippen LogP contribution in [0.4, 0.5) is 5.13 Å². The molecule has 118 valence electrons. The Kier molecular flexibility index (Phi) is 5.89. The zero-order chi connectivity index (χ0) is 15.9. The molecule has 0 saturated carbocycles. The largest absolute Gasteiger partial charge is 0.383 e. The number of thiazole rings is 1. The molecule has 0 aliphatic carbocycles. The molecule has 2 N–H and O–H groups in total. The monoisotopic (exact) mass is 321 g/mol. The predicted octanol–water partition coefficient (Wildman–Crippen LogP) is 0.713. The predicted molar refractivity (Wildman–Crippen MR) is 84.4 cm³/mol. The molecule has 0 spiro atoms. The van der Waals surface area contributed by atoms with E-state index in [0.717, 1.165) is 25.2 Å². The summed E-state index contributed by atoms with van der Waals surface area (Å²) in [5.41, 5.74) is 1.11. The number of nitriles is 1. The molecule has 0 unspecified atom stereocenters. The summed E-state index contributed by atoms with van der Waals surface area (Å²) in [5, 5.41) is 15.3. The number of ether oxygens (including phenoxy) is 1. The minimum absolute atomic E-state index is 0.0152. The van der Waals surface area contributed by atoms with E-state index in [-0.39, 0.29) is 5.57 Å². The van der Waals surface area contributed by atoms with Crippen LogP contribution >= 0.6 is 11.3 Å². The smallest absolute Gasteiger partial charge is 0.263 e. The summed E-state index contributed by atoms with van der Waals surface area (Å²) in [4.78, 5) is 19.8. The molecule has 1 aliphatic rings. The number of methoxy groups -OCH3 is 1. The summed E-state index contributed by atoms with van der Waals surface area (Å²) in [6.45, 7) is 2.66. The number of aromatic nitrogens is 1. The van der Waals surface area contributed by atoms with Gasteiger partial charge in [0.2, 0.25) is 0 Å². The van der Waals surface area contributed by atoms with Crippen molar-refractivity contribution >= 4 is 22.4 Å². The van der Waals surface area contributed by atoms with Gasteiger partial charge in [0.1, 0.15) is 11.6 Å². The van der Waals surface area contributed by atoms with E-state index in [1.54, 1.807) is 18.4 Å². The van der Waals surface area contributed by atoms with E-state index in [0.29, 0.717) is 18.3 Å². The van der Waals surface area contributed by atoms with E-state index < -0.39 is 5.91 Å². The first-order valence-corrected chi connectivity index (χ1v) is 7.76. The molecule has 1 aromatic rings. The molecular weight excluding hydrogens is 302 g/mol. The number of fused-ring (bicyclic) bond motifs is 1. The van der Waals surface area contributed by atoms with Gasteiger partial charge in [0.05, 0.1) is 12.3 Å². The molecule has 2 heterocycles. The fraction of sp³-hybridized carbons (Fsp3) is 0.500. The summed E-state index contributed by atoms with van der Waals surface area (Å²) in [6.07, 6.45) is 2.33. The van der Waals surface area contributed by atoms with Crippen LogP contribution in [0.15, 0.2) is 11.8 Å². The lowest BCUT2D eigenvalue weighted by molar-refractivity contribution is -0.117. The third-order valence-corrected chi connectivity index (χ3v) is 4.23. The maximum Gasteiger partial charge on any atom is 0.263 e. The molecule has 2 rings (SSSR count). The van der Waals surface area contributed by atoms with E-state index in [9.17, 15) is 4.79 Å². The lowest BCUT2D eigenvalue weighted by atomic mass is 10.2. The van der Waals surface area contributed by atoms with Crippen LogP contribution in [0.3, 0.4) is 0 Å². The Morgan fingerprint density at radius 2 is 2.45 bits per heavy atom. The van der Waals surface area contributed by atoms with Crippen LogP contribution < -0.4 is 10.6 Å². The van der Waals surface area contributed by atoms with E-state index in [1.165, 1.54) is 11.1 Å². The number of hydrogen-bond acceptors (Lipinski definition) is 7. The van der Waals surface area contributed by atoms with Gasteiger partial charge in [0.25, 0.3) is 5.91 Å². The number of likely N-dealkylation sites (N-methyl/N-ethyl adjacent to an activating group) is 1. The highest BCUT2D eigenvalue weighted by Gasteiger charge is 2.18. The second-order valence-electron chi connectivity index (χ2n) is 4.94. The lowest BCUT2D eigenvalue weighted by Crippen LogP contribution is -2.28. The molecule has 22 heavy (non-hydrogen) atoms. The van der Waals surface area contributed by atoms with Gasteiger partial charge in [0.15, 0.2) is 5.13 Å². The lowest BCUT2D eigenvalue weighted by Gasteiger charge is -2.20. The third-order valence-electron chi connectivity index (χ3n) is 3.22. The molecule has 1 aromatic heterocycles. The van der Waals surface area contributed by atoms with Crippen molar-refractivity contribution in [1.82, 2.24) is 15.2 Å². The van der Waals surface area contributed by atoms with Crippen LogP contribution in [0.25, 0.3) is 0 Å². The number of rotatable bonds is 6. The second kappa shape index (κ2) is 7.89. The quantitative estimate of drug-likeness (QED) is 0.456. The van der Waals surface area contributed by atoms with Crippen molar-refractivity contribution in [3.63, 3.8) is 0 Å². The van der Waals surface area contributed by atoms with Crippen molar-refractivity contribution in [1.29, 1.82) is 5.26 Å². The SMILES string of the molecule is COCCNC(=O)/C(C#N)=C\Nc1nc2c(s1)CN(C)CC2. The standard InChI is InChI=1S/C14H19N5O2S/c1-19-5-3-11-12(9-19)22-14(18-11)17-8-10(7-15)13(20)16-4-6-21-2/h8H,3-6,9H2,1-2H3,(H,16,20)(H,17,18)/b10-8-. The maximum atomic E-state index is 11.8. The highest BCUT2D eigenvalue weighted by molar-refractivity contribution is 7.15. The molecule has 1 aliphatic heterocycles. The minimum atomic E-state index is -0.423. The van der Waals surface area contributed by atoms with Gasteiger partial charge in [-0.3, -0.25) is 4.79 Å². The summed E-state index contributed by atoms with van der Waals surface area (Å²) < 4.78 is 4.85. The number of hydrogen-bond donors (Lipinski definition) is 2. The molecule has 0 aromatic carbocycles. The van der Waals surface area contributed by atoms with Crippen molar-refractivity contribution in [2.45, 2.75) is 13.0 Å². The Morgan fingerprint density at radius 1 is 1.64 bits per heavy atom. The molecule has 1 amide bonds. The first-order valence-electron chi connectivity index (χ1n) is 6.95. The van der Waals surface area contributed by atoms with E-state index in [1.807, 2.05) is 6.07 Å². The highest BCUT2D eigenvalue weighted by Crippen LogP contribution is 2.27. The molecular formula is C14H19N5O2S. The molecule has 0 atom stereocenters. The Bertz CT molecular complexity index is 605. The average molecular weight is 321 g/mol. The van der Waals surface area contributed by atoms with Crippen molar-refractivity contribution in [2.75, 3.05) is 39.2 Å². The molecule has 8 heteroatoms. The van der Waals surface area contributed by atoms with Gasteiger partial charge < -0.3 is 20.3 Å². The Hall–Kier alpha value is -1.95. The molecule has 0 radical (unpaired) electrons. The molecule has 0 bridgehead atoms. The normalized spacial score (nSPS) is 15.0. The summed E-state index contributed by atoms with van der Waals surface area (Å²) >= 11 is 1.56. The van der Waals surface area contributed by atoms with Crippen LogP contribution in [0.5, 0.6) is 0 Å². The number of carbonyl (C=O) groups excluding carboxylic acids is 1. The minimum Gasteiger partial charge on any atom is -0.383 e. The van der Waals surface area contributed by atoms with Crippen molar-refractivity contribution in [2.24, 2.45) is 0 Å². The summed E-state index contributed by atoms with van der Waals surface area (Å²) in [6, 6.07) is 1.88. The first kappa shape index (κ1) is 16.4. The molecule has 0 fully saturated rings. The number of nitrogens with one attached hydrogen (secondary N) is 2. The summed E-state index contributed by atoms with van der Waals surface area (Å²) in [5.74, 6) is -0.423. The second-order valence-corrected chi connectivity index (χ2v) is 6.02. The molecule has 7 nitrogen and oxygen atoms in total. The van der Waals surface area contributed by atoms with Crippen LogP contribution in [0, 0.1) is 11.3 Å². The van der Waals surface area contributed by atoms with Gasteiger partial charge >= 0.3 is 0 Å². The number of nitrogens with zero attached hydrogens (tertiary/aromatic N) is 3. The zero-order valence-corrected chi connectivity index (χ0v) is 13.5. The van der Waals surface area contributed by atoms with Crippen LogP contribution in [0.1, 0.15) is 10.6 Å². The Morgan fingerprint density at radius 3 is 3.18 bits per heavy atom. The van der Waals surface area contributed by atoms with E-state index in [4.69, 9.17) is 10.00 Å². The number of carbonyl (C=O) groups is 1. The fourth-order valence-corrected chi connectivity index (χ4v) is 3.09. The topological polar surface area (TPSA) is 90.3 Å². The van der Waals surface area contributed by atoms with Gasteiger partial charge in [-0.25, -0.2) is 4.98 Å². The van der Waals surface area contributed by atoms with E-state index in [2.05, 4.69) is 27.6 Å². The van der Waals surface area contributed by atoms with Crippen LogP contribution in [-0.2, 0) is 22.5 Å². The number of amides is 1. The molecule has 0 saturated heterocycles. The summed E-state index contributed by atoms with van der Waals surface area (Å²) in [7, 11) is 3.63. The Balaban J connectivity index is 1.97. The van der Waals surface area contributed by atoms with Gasteiger partial charge in [-0.2, -0.15) is 5.26 Å². The third kappa shape index (κ3) is 4.27. The maximum absolute atomic E-state index is 11.8. The van der Waals surface area contributed by atoms with Gasteiger partial charge in [-0.05, 0) is 7.05 Å². The Labute approximate surface area is 133 Å². The van der Waals surface area contributed by atoms with Crippen molar-refractivity contribution < 1.29 is 9.53 Å². The first-order chi connectivity index (χ1) is 10.6. The number of anilines is 1.